The molecule has 0 aromatic rings. The molecule has 1 aliphatic heterocycles. The Kier molecular flexibility index (Phi) is 6.32. The van der Waals surface area contributed by atoms with Gasteiger partial charge < -0.3 is 10.6 Å². The van der Waals surface area contributed by atoms with Crippen molar-refractivity contribution in [3.8, 4) is 0 Å². The number of hydrogen-bond donors (Lipinski definition) is 1. The molecule has 0 aromatic carbocycles. The minimum absolute atomic E-state index is 0.703. The molecule has 1 rings (SSSR count). The summed E-state index contributed by atoms with van der Waals surface area (Å²) in [5.41, 5.74) is 5.73. The highest BCUT2D eigenvalue weighted by Crippen LogP contribution is 2.10. The Bertz CT molecular complexity index is 170. The molecule has 1 heterocycles. The minimum Gasteiger partial charge on any atom is -0.330 e. The minimum atomic E-state index is 0.703. The zero-order chi connectivity index (χ0) is 12.0. The van der Waals surface area contributed by atoms with Gasteiger partial charge >= 0.3 is 0 Å². The van der Waals surface area contributed by atoms with E-state index in [1.54, 1.807) is 0 Å². The lowest BCUT2D eigenvalue weighted by Crippen LogP contribution is -2.49. The number of piperazine rings is 1. The van der Waals surface area contributed by atoms with E-state index in [1.165, 1.54) is 45.6 Å². The molecule has 0 radical (unpaired) electrons. The number of hydrogen-bond acceptors (Lipinski definition) is 3. The van der Waals surface area contributed by atoms with Crippen molar-refractivity contribution in [1.82, 2.24) is 9.80 Å². The summed E-state index contributed by atoms with van der Waals surface area (Å²) in [6.45, 7) is 13.8. The quantitative estimate of drug-likeness (QED) is 0.744. The first-order valence-electron chi connectivity index (χ1n) is 6.83. The highest BCUT2D eigenvalue weighted by atomic mass is 15.3. The monoisotopic (exact) mass is 227 g/mol. The Hall–Kier alpha value is -0.120. The molecule has 2 N–H and O–H groups in total. The van der Waals surface area contributed by atoms with Gasteiger partial charge in [-0.15, -0.1) is 0 Å². The lowest BCUT2D eigenvalue weighted by Gasteiger charge is -2.37. The van der Waals surface area contributed by atoms with Crippen molar-refractivity contribution in [3.63, 3.8) is 0 Å². The van der Waals surface area contributed by atoms with E-state index >= 15 is 0 Å². The molecular formula is C13H29N3. The van der Waals surface area contributed by atoms with Crippen molar-refractivity contribution in [2.75, 3.05) is 39.3 Å². The second-order valence-corrected chi connectivity index (χ2v) is 5.27. The second-order valence-electron chi connectivity index (χ2n) is 5.27. The Morgan fingerprint density at radius 3 is 2.19 bits per heavy atom. The first-order chi connectivity index (χ1) is 7.67. The molecule has 0 aliphatic carbocycles. The third-order valence-electron chi connectivity index (χ3n) is 3.90. The molecule has 1 atom stereocenters. The maximum absolute atomic E-state index is 5.73. The van der Waals surface area contributed by atoms with E-state index in [1.807, 2.05) is 0 Å². The Morgan fingerprint density at radius 1 is 1.12 bits per heavy atom. The molecule has 3 heteroatoms. The van der Waals surface area contributed by atoms with Gasteiger partial charge in [0.25, 0.3) is 0 Å². The molecule has 0 aromatic heterocycles. The summed E-state index contributed by atoms with van der Waals surface area (Å²) >= 11 is 0. The molecule has 96 valence electrons. The van der Waals surface area contributed by atoms with Gasteiger partial charge in [-0.1, -0.05) is 13.3 Å². The van der Waals surface area contributed by atoms with Gasteiger partial charge in [-0.2, -0.15) is 0 Å². The normalized spacial score (nSPS) is 21.6. The van der Waals surface area contributed by atoms with Crippen LogP contribution in [0.15, 0.2) is 0 Å². The smallest absolute Gasteiger partial charge is 0.0113 e. The predicted molar refractivity (Wildman–Crippen MR) is 70.6 cm³/mol. The standard InChI is InChI=1S/C13H29N3/c1-4-13(11-14)5-6-15-7-9-16(10-8-15)12(2)3/h12-13H,4-11,14H2,1-3H3. The summed E-state index contributed by atoms with van der Waals surface area (Å²) in [7, 11) is 0. The van der Waals surface area contributed by atoms with Gasteiger partial charge in [0, 0.05) is 32.2 Å². The van der Waals surface area contributed by atoms with Crippen LogP contribution in [0, 0.1) is 5.92 Å². The molecule has 1 unspecified atom stereocenters. The molecule has 16 heavy (non-hydrogen) atoms. The molecule has 0 spiro atoms. The molecule has 0 amide bonds. The topological polar surface area (TPSA) is 32.5 Å². The first kappa shape index (κ1) is 13.9. The van der Waals surface area contributed by atoms with Gasteiger partial charge in [0.15, 0.2) is 0 Å². The van der Waals surface area contributed by atoms with Crippen molar-refractivity contribution in [2.45, 2.75) is 39.7 Å². The fraction of sp³-hybridized carbons (Fsp3) is 1.00. The summed E-state index contributed by atoms with van der Waals surface area (Å²) in [6, 6.07) is 0.703. The number of rotatable bonds is 6. The van der Waals surface area contributed by atoms with Crippen LogP contribution in [0.1, 0.15) is 33.6 Å². The fourth-order valence-corrected chi connectivity index (χ4v) is 2.36. The van der Waals surface area contributed by atoms with Crippen LogP contribution in [0.3, 0.4) is 0 Å². The average molecular weight is 227 g/mol. The third kappa shape index (κ3) is 4.40. The van der Waals surface area contributed by atoms with Crippen LogP contribution in [0.2, 0.25) is 0 Å². The predicted octanol–water partition coefficient (Wildman–Crippen LogP) is 1.39. The molecule has 1 aliphatic rings. The molecule has 1 fully saturated rings. The van der Waals surface area contributed by atoms with Crippen molar-refractivity contribution in [2.24, 2.45) is 11.7 Å². The molecule has 3 nitrogen and oxygen atoms in total. The van der Waals surface area contributed by atoms with E-state index in [2.05, 4.69) is 30.6 Å². The van der Waals surface area contributed by atoms with Crippen molar-refractivity contribution in [3.05, 3.63) is 0 Å². The van der Waals surface area contributed by atoms with E-state index in [9.17, 15) is 0 Å². The van der Waals surface area contributed by atoms with Gasteiger partial charge in [0.05, 0.1) is 0 Å². The van der Waals surface area contributed by atoms with Gasteiger partial charge in [-0.3, -0.25) is 4.90 Å². The third-order valence-corrected chi connectivity index (χ3v) is 3.90. The van der Waals surface area contributed by atoms with E-state index in [0.717, 1.165) is 12.5 Å². The summed E-state index contributed by atoms with van der Waals surface area (Å²) in [6.07, 6.45) is 2.50. The maximum atomic E-state index is 5.73. The van der Waals surface area contributed by atoms with Gasteiger partial charge in [0.1, 0.15) is 0 Å². The Balaban J connectivity index is 2.17. The SMILES string of the molecule is CCC(CN)CCN1CCN(C(C)C)CC1. The van der Waals surface area contributed by atoms with Gasteiger partial charge in [-0.05, 0) is 39.3 Å². The maximum Gasteiger partial charge on any atom is 0.0113 e. The molecule has 0 bridgehead atoms. The van der Waals surface area contributed by atoms with Crippen LogP contribution in [-0.2, 0) is 0 Å². The lowest BCUT2D eigenvalue weighted by atomic mass is 10.0. The van der Waals surface area contributed by atoms with Crippen molar-refractivity contribution < 1.29 is 0 Å². The Labute approximate surface area is 101 Å². The lowest BCUT2D eigenvalue weighted by molar-refractivity contribution is 0.104. The molecule has 1 saturated heterocycles. The largest absolute Gasteiger partial charge is 0.330 e. The van der Waals surface area contributed by atoms with Crippen molar-refractivity contribution >= 4 is 0 Å². The summed E-state index contributed by atoms with van der Waals surface area (Å²) in [5.74, 6) is 0.725. The van der Waals surface area contributed by atoms with Gasteiger partial charge in [0.2, 0.25) is 0 Å². The van der Waals surface area contributed by atoms with Crippen LogP contribution in [-0.4, -0.2) is 55.1 Å². The van der Waals surface area contributed by atoms with E-state index in [4.69, 9.17) is 5.73 Å². The summed E-state index contributed by atoms with van der Waals surface area (Å²) in [4.78, 5) is 5.16. The molecule has 0 saturated carbocycles. The summed E-state index contributed by atoms with van der Waals surface area (Å²) in [5, 5.41) is 0. The zero-order valence-electron chi connectivity index (χ0n) is 11.3. The van der Waals surface area contributed by atoms with Crippen molar-refractivity contribution in [1.29, 1.82) is 0 Å². The van der Waals surface area contributed by atoms with Crippen LogP contribution >= 0.6 is 0 Å². The Morgan fingerprint density at radius 2 is 1.75 bits per heavy atom. The number of nitrogens with zero attached hydrogens (tertiary/aromatic N) is 2. The average Bonchev–Trinajstić information content (AvgIpc) is 2.31. The van der Waals surface area contributed by atoms with E-state index in [0.29, 0.717) is 6.04 Å². The van der Waals surface area contributed by atoms with E-state index < -0.39 is 0 Å². The zero-order valence-corrected chi connectivity index (χ0v) is 11.3. The summed E-state index contributed by atoms with van der Waals surface area (Å²) < 4.78 is 0. The van der Waals surface area contributed by atoms with Crippen LogP contribution in [0.4, 0.5) is 0 Å². The van der Waals surface area contributed by atoms with E-state index in [-0.39, 0.29) is 0 Å². The highest BCUT2D eigenvalue weighted by Gasteiger charge is 2.18. The highest BCUT2D eigenvalue weighted by molar-refractivity contribution is 4.74. The van der Waals surface area contributed by atoms with Gasteiger partial charge in [-0.25, -0.2) is 0 Å². The second kappa shape index (κ2) is 7.25. The van der Waals surface area contributed by atoms with Crippen LogP contribution in [0.5, 0.6) is 0 Å². The number of nitrogens with two attached hydrogens (primary N) is 1. The fourth-order valence-electron chi connectivity index (χ4n) is 2.36. The van der Waals surface area contributed by atoms with Crippen LogP contribution < -0.4 is 5.73 Å². The first-order valence-corrected chi connectivity index (χ1v) is 6.83. The van der Waals surface area contributed by atoms with Crippen LogP contribution in [0.25, 0.3) is 0 Å². The molecular weight excluding hydrogens is 198 g/mol.